The number of fused-ring (bicyclic) bond motifs is 2. The number of nitrogens with zero attached hydrogens (tertiary/aromatic N) is 2. The molecule has 1 unspecified atom stereocenters. The van der Waals surface area contributed by atoms with E-state index < -0.39 is 0 Å². The number of benzene rings is 2. The summed E-state index contributed by atoms with van der Waals surface area (Å²) in [4.78, 5) is 32.7. The lowest BCUT2D eigenvalue weighted by Gasteiger charge is -2.20. The lowest BCUT2D eigenvalue weighted by atomic mass is 9.95. The Hall–Kier alpha value is -3.33. The van der Waals surface area contributed by atoms with Crippen LogP contribution in [0.15, 0.2) is 59.8 Å². The van der Waals surface area contributed by atoms with Crippen LogP contribution >= 0.6 is 11.8 Å². The normalized spacial score (nSPS) is 15.1. The molecular weight excluding hydrogens is 460 g/mol. The highest BCUT2D eigenvalue weighted by Crippen LogP contribution is 2.39. The Morgan fingerprint density at radius 3 is 2.49 bits per heavy atom. The van der Waals surface area contributed by atoms with Gasteiger partial charge < -0.3 is 19.2 Å². The first kappa shape index (κ1) is 23.4. The largest absolute Gasteiger partial charge is 0.378 e. The smallest absolute Gasteiger partial charge is 0.259 e. The number of ether oxygens (including phenoxy) is 1. The Labute approximate surface area is 208 Å². The van der Waals surface area contributed by atoms with Gasteiger partial charge in [-0.2, -0.15) is 0 Å². The highest BCUT2D eigenvalue weighted by Gasteiger charge is 2.35. The van der Waals surface area contributed by atoms with Crippen LogP contribution < -0.4 is 5.32 Å². The minimum atomic E-state index is -0.376. The van der Waals surface area contributed by atoms with Crippen molar-refractivity contribution < 1.29 is 14.3 Å². The van der Waals surface area contributed by atoms with Gasteiger partial charge in [-0.05, 0) is 44.6 Å². The van der Waals surface area contributed by atoms with Gasteiger partial charge in [-0.25, -0.2) is 0 Å². The van der Waals surface area contributed by atoms with Crippen molar-refractivity contribution in [1.82, 2.24) is 19.8 Å². The van der Waals surface area contributed by atoms with Crippen LogP contribution in [0.3, 0.4) is 0 Å². The number of imide groups is 1. The number of nitrogens with one attached hydrogen (secondary N) is 2. The third kappa shape index (κ3) is 4.18. The molecule has 7 nitrogen and oxygen atoms in total. The Bertz CT molecular complexity index is 1480. The zero-order valence-electron chi connectivity index (χ0n) is 20.2. The number of carbonyl (C=O) groups excluding carboxylic acids is 2. The average Bonchev–Trinajstić information content (AvgIpc) is 3.50. The molecule has 1 atom stereocenters. The van der Waals surface area contributed by atoms with Gasteiger partial charge in [0.2, 0.25) is 0 Å². The van der Waals surface area contributed by atoms with Gasteiger partial charge in [0.25, 0.3) is 11.8 Å². The number of methoxy groups -OCH3 is 1. The Balaban J connectivity index is 1.74. The Morgan fingerprint density at radius 1 is 1.03 bits per heavy atom. The Morgan fingerprint density at radius 2 is 1.77 bits per heavy atom. The van der Waals surface area contributed by atoms with Crippen molar-refractivity contribution in [3.63, 3.8) is 0 Å². The summed E-state index contributed by atoms with van der Waals surface area (Å²) in [6.07, 6.45) is 5.79. The predicted octanol–water partition coefficient (Wildman–Crippen LogP) is 3.99. The van der Waals surface area contributed by atoms with Gasteiger partial charge in [-0.3, -0.25) is 14.9 Å². The minimum absolute atomic E-state index is 0.0326. The lowest BCUT2D eigenvalue weighted by Crippen LogP contribution is -2.31. The SMILES string of the molecule is COC(CN(C)C)Cn1cc(C2=C(c3c[nH]c4ccccc34)C(=O)NC2=O)c2cc(SC)ccc21. The van der Waals surface area contributed by atoms with Crippen LogP contribution in [0.25, 0.3) is 33.0 Å². The molecule has 2 aromatic heterocycles. The van der Waals surface area contributed by atoms with Crippen LogP contribution in [0.4, 0.5) is 0 Å². The Kier molecular flexibility index (Phi) is 6.27. The van der Waals surface area contributed by atoms with Crippen molar-refractivity contribution in [1.29, 1.82) is 0 Å². The minimum Gasteiger partial charge on any atom is -0.378 e. The number of aromatic nitrogens is 2. The van der Waals surface area contributed by atoms with Gasteiger partial charge in [-0.15, -0.1) is 11.8 Å². The van der Waals surface area contributed by atoms with Crippen molar-refractivity contribution >= 4 is 56.5 Å². The van der Waals surface area contributed by atoms with E-state index in [1.165, 1.54) is 0 Å². The fraction of sp³-hybridized carbons (Fsp3) is 0.259. The summed E-state index contributed by atoms with van der Waals surface area (Å²) in [6.45, 7) is 1.38. The van der Waals surface area contributed by atoms with Crippen LogP contribution in [-0.4, -0.2) is 66.4 Å². The molecule has 0 saturated heterocycles. The molecule has 0 bridgehead atoms. The maximum Gasteiger partial charge on any atom is 0.259 e. The highest BCUT2D eigenvalue weighted by atomic mass is 32.2. The maximum absolute atomic E-state index is 13.2. The van der Waals surface area contributed by atoms with Gasteiger partial charge in [0, 0.05) is 63.9 Å². The summed E-state index contributed by atoms with van der Waals surface area (Å²) in [7, 11) is 5.75. The third-order valence-electron chi connectivity index (χ3n) is 6.45. The van der Waals surface area contributed by atoms with Crippen LogP contribution in [0.1, 0.15) is 11.1 Å². The second-order valence-electron chi connectivity index (χ2n) is 8.98. The van der Waals surface area contributed by atoms with E-state index in [1.807, 2.05) is 57.0 Å². The summed E-state index contributed by atoms with van der Waals surface area (Å²) in [6, 6.07) is 14.0. The van der Waals surface area contributed by atoms with E-state index in [4.69, 9.17) is 4.74 Å². The van der Waals surface area contributed by atoms with E-state index in [0.717, 1.165) is 44.4 Å². The zero-order valence-corrected chi connectivity index (χ0v) is 21.0. The fourth-order valence-corrected chi connectivity index (χ4v) is 5.27. The fourth-order valence-electron chi connectivity index (χ4n) is 4.83. The highest BCUT2D eigenvalue weighted by molar-refractivity contribution is 7.98. The van der Waals surface area contributed by atoms with E-state index in [0.29, 0.717) is 17.7 Å². The molecule has 5 rings (SSSR count). The molecule has 0 spiro atoms. The van der Waals surface area contributed by atoms with Gasteiger partial charge in [0.05, 0.1) is 23.8 Å². The van der Waals surface area contributed by atoms with Gasteiger partial charge in [0.15, 0.2) is 0 Å². The number of likely N-dealkylation sites (N-methyl/N-ethyl adjacent to an activating group) is 1. The first-order valence-electron chi connectivity index (χ1n) is 11.4. The predicted molar refractivity (Wildman–Crippen MR) is 141 cm³/mol. The van der Waals surface area contributed by atoms with Crippen LogP contribution in [-0.2, 0) is 20.9 Å². The molecule has 0 aliphatic carbocycles. The summed E-state index contributed by atoms with van der Waals surface area (Å²) in [5, 5.41) is 4.38. The number of para-hydroxylation sites is 1. The van der Waals surface area contributed by atoms with Gasteiger partial charge in [0.1, 0.15) is 0 Å². The zero-order chi connectivity index (χ0) is 24.7. The number of aromatic amines is 1. The molecule has 3 heterocycles. The van der Waals surface area contributed by atoms with Crippen LogP contribution in [0.5, 0.6) is 0 Å². The molecule has 35 heavy (non-hydrogen) atoms. The lowest BCUT2D eigenvalue weighted by molar-refractivity contribution is -0.122. The van der Waals surface area contributed by atoms with Gasteiger partial charge in [-0.1, -0.05) is 18.2 Å². The van der Waals surface area contributed by atoms with Crippen molar-refractivity contribution in [2.45, 2.75) is 17.5 Å². The molecule has 2 N–H and O–H groups in total. The first-order chi connectivity index (χ1) is 16.9. The monoisotopic (exact) mass is 488 g/mol. The number of hydrogen-bond donors (Lipinski definition) is 2. The second kappa shape index (κ2) is 9.37. The number of rotatable bonds is 8. The van der Waals surface area contributed by atoms with E-state index in [1.54, 1.807) is 18.9 Å². The summed E-state index contributed by atoms with van der Waals surface area (Å²) >= 11 is 1.64. The molecule has 4 aromatic rings. The average molecular weight is 489 g/mol. The molecule has 0 radical (unpaired) electrons. The van der Waals surface area contributed by atoms with Crippen molar-refractivity contribution in [2.75, 3.05) is 34.0 Å². The molecule has 1 aliphatic rings. The number of hydrogen-bond acceptors (Lipinski definition) is 5. The molecule has 2 aromatic carbocycles. The van der Waals surface area contributed by atoms with Crippen LogP contribution in [0, 0.1) is 0 Å². The quantitative estimate of drug-likeness (QED) is 0.290. The summed E-state index contributed by atoms with van der Waals surface area (Å²) in [5.74, 6) is -0.750. The van der Waals surface area contributed by atoms with Crippen LogP contribution in [0.2, 0.25) is 0 Å². The van der Waals surface area contributed by atoms with E-state index >= 15 is 0 Å². The van der Waals surface area contributed by atoms with Crippen molar-refractivity contribution in [3.05, 3.63) is 66.0 Å². The molecule has 8 heteroatoms. The van der Waals surface area contributed by atoms with E-state index in [9.17, 15) is 9.59 Å². The molecule has 2 amide bonds. The van der Waals surface area contributed by atoms with Gasteiger partial charge >= 0.3 is 0 Å². The number of H-pyrrole nitrogens is 1. The van der Waals surface area contributed by atoms with Crippen molar-refractivity contribution in [2.24, 2.45) is 0 Å². The second-order valence-corrected chi connectivity index (χ2v) is 9.86. The van der Waals surface area contributed by atoms with E-state index in [-0.39, 0.29) is 17.9 Å². The molecule has 0 fully saturated rings. The van der Waals surface area contributed by atoms with E-state index in [2.05, 4.69) is 38.0 Å². The number of thioether (sulfide) groups is 1. The third-order valence-corrected chi connectivity index (χ3v) is 7.18. The standard InChI is InChI=1S/C27H28N4O3S/c1-30(2)13-16(34-3)14-31-15-21(19-11-17(35-4)9-10-23(19)31)25-24(26(32)29-27(25)33)20-12-28-22-8-6-5-7-18(20)22/h5-12,15-16,28H,13-14H2,1-4H3,(H,29,32,33). The summed E-state index contributed by atoms with van der Waals surface area (Å²) < 4.78 is 7.87. The molecular formula is C27H28N4O3S. The number of amides is 2. The molecule has 0 saturated carbocycles. The molecule has 180 valence electrons. The number of carbonyl (C=O) groups is 2. The summed E-state index contributed by atoms with van der Waals surface area (Å²) in [5.41, 5.74) is 4.19. The first-order valence-corrected chi connectivity index (χ1v) is 12.6. The molecule has 1 aliphatic heterocycles. The maximum atomic E-state index is 13.2. The van der Waals surface area contributed by atoms with Crippen molar-refractivity contribution in [3.8, 4) is 0 Å². The topological polar surface area (TPSA) is 79.4 Å².